The third kappa shape index (κ3) is 5.68. The summed E-state index contributed by atoms with van der Waals surface area (Å²) in [6.45, 7) is -1.17. The molecule has 0 bridgehead atoms. The minimum atomic E-state index is -1.59. The zero-order chi connectivity index (χ0) is 23.1. The molecule has 0 aromatic heterocycles. The topological polar surface area (TPSA) is 203 Å². The number of nitrogens with one attached hydrogen (secondary N) is 2. The number of carbonyl (C=O) groups excluding carboxylic acids is 4. The van der Waals surface area contributed by atoms with Gasteiger partial charge in [-0.2, -0.15) is 0 Å². The van der Waals surface area contributed by atoms with Crippen molar-refractivity contribution < 1.29 is 39.3 Å². The molecular weight excluding hydrogens is 414 g/mol. The maximum atomic E-state index is 13.0. The predicted molar refractivity (Wildman–Crippen MR) is 104 cm³/mol. The van der Waals surface area contributed by atoms with Crippen LogP contribution in [0.2, 0.25) is 0 Å². The summed E-state index contributed by atoms with van der Waals surface area (Å²) in [5, 5.41) is 31.7. The minimum absolute atomic E-state index is 0.216. The summed E-state index contributed by atoms with van der Waals surface area (Å²) in [6.07, 6.45) is 2.00. The third-order valence-electron chi connectivity index (χ3n) is 5.48. The van der Waals surface area contributed by atoms with Crippen LogP contribution in [0.4, 0.5) is 0 Å². The van der Waals surface area contributed by atoms with Gasteiger partial charge in [0.15, 0.2) is 0 Å². The van der Waals surface area contributed by atoms with E-state index in [0.717, 1.165) is 0 Å². The lowest BCUT2D eigenvalue weighted by Gasteiger charge is -2.31. The monoisotopic (exact) mass is 443 g/mol. The molecule has 31 heavy (non-hydrogen) atoms. The van der Waals surface area contributed by atoms with Gasteiger partial charge in [-0.05, 0) is 25.7 Å². The first-order chi connectivity index (χ1) is 14.7. The van der Waals surface area contributed by atoms with Gasteiger partial charge >= 0.3 is 5.97 Å². The summed E-state index contributed by atoms with van der Waals surface area (Å²) in [5.41, 5.74) is 5.41. The van der Waals surface area contributed by atoms with Crippen molar-refractivity contribution in [2.24, 2.45) is 5.73 Å². The van der Waals surface area contributed by atoms with Crippen LogP contribution in [0.25, 0.3) is 0 Å². The fraction of sp³-hybridized carbons (Fsp3) is 0.722. The molecule has 0 aromatic carbocycles. The predicted octanol–water partition coefficient (Wildman–Crippen LogP) is -4.03. The van der Waals surface area contributed by atoms with Crippen LogP contribution >= 0.6 is 0 Å². The number of carboxylic acids is 1. The molecule has 13 nitrogen and oxygen atoms in total. The molecule has 2 rings (SSSR count). The molecule has 2 aliphatic rings. The summed E-state index contributed by atoms with van der Waals surface area (Å²) in [7, 11) is 0. The Labute approximate surface area is 178 Å². The van der Waals surface area contributed by atoms with Crippen molar-refractivity contribution in [3.63, 3.8) is 0 Å². The van der Waals surface area contributed by atoms with Crippen molar-refractivity contribution in [1.29, 1.82) is 0 Å². The molecule has 0 saturated carbocycles. The lowest BCUT2D eigenvalue weighted by Crippen LogP contribution is -2.58. The van der Waals surface area contributed by atoms with Gasteiger partial charge in [0.1, 0.15) is 24.2 Å². The lowest BCUT2D eigenvalue weighted by atomic mass is 10.1. The van der Waals surface area contributed by atoms with Gasteiger partial charge in [0, 0.05) is 13.1 Å². The second-order valence-corrected chi connectivity index (χ2v) is 7.46. The number of nitrogens with two attached hydrogens (primary N) is 1. The van der Waals surface area contributed by atoms with Crippen molar-refractivity contribution in [1.82, 2.24) is 20.4 Å². The van der Waals surface area contributed by atoms with Crippen LogP contribution in [0.1, 0.15) is 25.7 Å². The number of hydrogen-bond donors (Lipinski definition) is 6. The van der Waals surface area contributed by atoms with Gasteiger partial charge in [-0.25, -0.2) is 4.79 Å². The van der Waals surface area contributed by atoms with E-state index in [1.807, 2.05) is 5.32 Å². The van der Waals surface area contributed by atoms with Crippen LogP contribution in [0.5, 0.6) is 0 Å². The summed E-state index contributed by atoms with van der Waals surface area (Å²) < 4.78 is 0. The first-order valence-electron chi connectivity index (χ1n) is 10.1. The quantitative estimate of drug-likeness (QED) is 0.205. The van der Waals surface area contributed by atoms with E-state index in [1.165, 1.54) is 9.80 Å². The van der Waals surface area contributed by atoms with Gasteiger partial charge in [-0.1, -0.05) is 0 Å². The maximum Gasteiger partial charge on any atom is 0.328 e. The Morgan fingerprint density at radius 2 is 1.48 bits per heavy atom. The van der Waals surface area contributed by atoms with Gasteiger partial charge in [0.25, 0.3) is 0 Å². The van der Waals surface area contributed by atoms with E-state index < -0.39 is 55.2 Å². The van der Waals surface area contributed by atoms with Crippen LogP contribution < -0.4 is 16.4 Å². The highest BCUT2D eigenvalue weighted by molar-refractivity contribution is 5.95. The highest BCUT2D eigenvalue weighted by atomic mass is 16.4. The number of aliphatic hydroxyl groups excluding tert-OH is 2. The molecule has 2 fully saturated rings. The number of nitrogens with zero attached hydrogens (tertiary/aromatic N) is 2. The molecule has 2 aliphatic heterocycles. The number of likely N-dealkylation sites (tertiary alicyclic amines) is 2. The molecule has 0 aliphatic carbocycles. The average Bonchev–Trinajstić information content (AvgIpc) is 3.44. The Kier molecular flexibility index (Phi) is 8.71. The molecule has 13 heteroatoms. The zero-order valence-corrected chi connectivity index (χ0v) is 17.0. The van der Waals surface area contributed by atoms with Gasteiger partial charge in [-0.3, -0.25) is 19.2 Å². The molecule has 0 aromatic rings. The Bertz CT molecular complexity index is 717. The molecule has 0 unspecified atom stereocenters. The van der Waals surface area contributed by atoms with Crippen molar-refractivity contribution in [3.05, 3.63) is 0 Å². The molecular formula is C18H29N5O8. The molecule has 4 amide bonds. The summed E-state index contributed by atoms with van der Waals surface area (Å²) >= 11 is 0. The Morgan fingerprint density at radius 1 is 0.903 bits per heavy atom. The minimum Gasteiger partial charge on any atom is -0.480 e. The second-order valence-electron chi connectivity index (χ2n) is 7.46. The molecule has 0 spiro atoms. The van der Waals surface area contributed by atoms with E-state index in [-0.39, 0.29) is 18.4 Å². The van der Waals surface area contributed by atoms with E-state index in [4.69, 9.17) is 15.9 Å². The second kappa shape index (κ2) is 11.0. The Balaban J connectivity index is 2.04. The van der Waals surface area contributed by atoms with Crippen molar-refractivity contribution in [2.45, 2.75) is 49.9 Å². The van der Waals surface area contributed by atoms with Crippen molar-refractivity contribution in [3.8, 4) is 0 Å². The maximum absolute atomic E-state index is 13.0. The number of carboxylic acid groups (broad SMARTS) is 1. The molecule has 0 radical (unpaired) electrons. The molecule has 174 valence electrons. The van der Waals surface area contributed by atoms with Gasteiger partial charge in [0.2, 0.25) is 23.6 Å². The number of aliphatic hydroxyl groups is 2. The van der Waals surface area contributed by atoms with Crippen LogP contribution in [0.15, 0.2) is 0 Å². The van der Waals surface area contributed by atoms with E-state index in [2.05, 4.69) is 5.32 Å². The number of amides is 4. The van der Waals surface area contributed by atoms with Crippen LogP contribution in [-0.4, -0.2) is 112 Å². The van der Waals surface area contributed by atoms with Gasteiger partial charge < -0.3 is 41.5 Å². The standard InChI is InChI=1S/C18H29N5O8/c19-7-14(26)22-5-2-4-13(22)17(29)23-6-1-3-12(23)16(28)20-10(8-24)15(27)21-11(9-25)18(30)31/h10-13,24-25H,1-9,19H2,(H,20,28)(H,21,27)(H,30,31)/t10-,11-,12-,13-/m0/s1. The number of hydrogen-bond acceptors (Lipinski definition) is 8. The number of carbonyl (C=O) groups is 5. The van der Waals surface area contributed by atoms with E-state index >= 15 is 0 Å². The number of aliphatic carboxylic acids is 1. The summed E-state index contributed by atoms with van der Waals surface area (Å²) in [5.74, 6) is -3.84. The normalized spacial score (nSPS) is 22.7. The molecule has 2 saturated heterocycles. The van der Waals surface area contributed by atoms with E-state index in [1.54, 1.807) is 0 Å². The summed E-state index contributed by atoms with van der Waals surface area (Å²) in [4.78, 5) is 63.7. The van der Waals surface area contributed by atoms with E-state index in [9.17, 15) is 29.1 Å². The fourth-order valence-corrected chi connectivity index (χ4v) is 3.85. The summed E-state index contributed by atoms with van der Waals surface area (Å²) in [6, 6.07) is -4.63. The first kappa shape index (κ1) is 24.5. The Hall–Kier alpha value is -2.77. The van der Waals surface area contributed by atoms with Gasteiger partial charge in [0.05, 0.1) is 19.8 Å². The highest BCUT2D eigenvalue weighted by Crippen LogP contribution is 2.25. The lowest BCUT2D eigenvalue weighted by molar-refractivity contribution is -0.147. The smallest absolute Gasteiger partial charge is 0.328 e. The highest BCUT2D eigenvalue weighted by Gasteiger charge is 2.42. The molecule has 7 N–H and O–H groups in total. The fourth-order valence-electron chi connectivity index (χ4n) is 3.85. The van der Waals surface area contributed by atoms with Crippen molar-refractivity contribution >= 4 is 29.6 Å². The van der Waals surface area contributed by atoms with Crippen LogP contribution in [0.3, 0.4) is 0 Å². The molecule has 2 heterocycles. The SMILES string of the molecule is NCC(=O)N1CCC[C@H]1C(=O)N1CCC[C@H]1C(=O)N[C@@H](CO)C(=O)N[C@@H](CO)C(=O)O. The zero-order valence-electron chi connectivity index (χ0n) is 17.0. The largest absolute Gasteiger partial charge is 0.480 e. The van der Waals surface area contributed by atoms with Crippen LogP contribution in [0, 0.1) is 0 Å². The van der Waals surface area contributed by atoms with Crippen molar-refractivity contribution in [2.75, 3.05) is 32.8 Å². The van der Waals surface area contributed by atoms with E-state index in [0.29, 0.717) is 38.8 Å². The molecule has 4 atom stereocenters. The van der Waals surface area contributed by atoms with Crippen LogP contribution in [-0.2, 0) is 24.0 Å². The van der Waals surface area contributed by atoms with Gasteiger partial charge in [-0.15, -0.1) is 0 Å². The first-order valence-corrected chi connectivity index (χ1v) is 10.1. The Morgan fingerprint density at radius 3 is 2.03 bits per heavy atom. The number of rotatable bonds is 9. The third-order valence-corrected chi connectivity index (χ3v) is 5.48. The average molecular weight is 443 g/mol.